The number of aliphatic hydroxyl groups is 1. The Bertz CT molecular complexity index is 778. The summed E-state index contributed by atoms with van der Waals surface area (Å²) in [4.78, 5) is 5.32. The SMILES string of the molecule is OC(Cn1nnc(-c2cccnc2)n1)c1ccc(Cl)cc1Cl. The van der Waals surface area contributed by atoms with E-state index in [1.165, 1.54) is 4.80 Å². The largest absolute Gasteiger partial charge is 0.386 e. The monoisotopic (exact) mass is 335 g/mol. The molecule has 0 aliphatic rings. The minimum absolute atomic E-state index is 0.134. The molecule has 0 bridgehead atoms. The molecule has 0 radical (unpaired) electrons. The minimum atomic E-state index is -0.860. The van der Waals surface area contributed by atoms with E-state index in [0.717, 1.165) is 5.56 Å². The number of aromatic nitrogens is 5. The van der Waals surface area contributed by atoms with Crippen LogP contribution in [0.2, 0.25) is 10.0 Å². The molecule has 1 atom stereocenters. The van der Waals surface area contributed by atoms with Gasteiger partial charge in [0, 0.05) is 33.6 Å². The number of aliphatic hydroxyl groups excluding tert-OH is 1. The van der Waals surface area contributed by atoms with Gasteiger partial charge in [0.25, 0.3) is 0 Å². The van der Waals surface area contributed by atoms with Gasteiger partial charge in [0.2, 0.25) is 5.82 Å². The normalized spacial score (nSPS) is 12.3. The molecule has 2 aromatic heterocycles. The molecule has 0 spiro atoms. The summed E-state index contributed by atoms with van der Waals surface area (Å²) in [5.41, 5.74) is 1.32. The van der Waals surface area contributed by atoms with Crippen LogP contribution >= 0.6 is 23.2 Å². The van der Waals surface area contributed by atoms with Gasteiger partial charge in [-0.25, -0.2) is 0 Å². The number of nitrogens with zero attached hydrogens (tertiary/aromatic N) is 5. The summed E-state index contributed by atoms with van der Waals surface area (Å²) in [6.07, 6.45) is 2.45. The lowest BCUT2D eigenvalue weighted by Crippen LogP contribution is -2.12. The molecule has 1 unspecified atom stereocenters. The molecule has 1 N–H and O–H groups in total. The van der Waals surface area contributed by atoms with Gasteiger partial charge in [-0.3, -0.25) is 4.98 Å². The zero-order valence-corrected chi connectivity index (χ0v) is 12.8. The lowest BCUT2D eigenvalue weighted by Gasteiger charge is -2.11. The Morgan fingerprint density at radius 1 is 1.23 bits per heavy atom. The molecule has 0 aliphatic heterocycles. The van der Waals surface area contributed by atoms with Crippen molar-refractivity contribution >= 4 is 23.2 Å². The Morgan fingerprint density at radius 2 is 2.09 bits per heavy atom. The highest BCUT2D eigenvalue weighted by molar-refractivity contribution is 6.35. The summed E-state index contributed by atoms with van der Waals surface area (Å²) in [6, 6.07) is 8.55. The van der Waals surface area contributed by atoms with Gasteiger partial charge in [0.15, 0.2) is 0 Å². The van der Waals surface area contributed by atoms with Crippen molar-refractivity contribution < 1.29 is 5.11 Å². The first-order valence-electron chi connectivity index (χ1n) is 6.44. The highest BCUT2D eigenvalue weighted by Crippen LogP contribution is 2.27. The standard InChI is InChI=1S/C14H11Cl2N5O/c15-10-3-4-11(12(16)6-10)13(22)8-21-19-14(18-20-21)9-2-1-5-17-7-9/h1-7,13,22H,8H2. The van der Waals surface area contributed by atoms with E-state index < -0.39 is 6.10 Å². The van der Waals surface area contributed by atoms with Gasteiger partial charge in [-0.15, -0.1) is 10.2 Å². The van der Waals surface area contributed by atoms with Crippen LogP contribution in [-0.2, 0) is 6.54 Å². The zero-order valence-electron chi connectivity index (χ0n) is 11.3. The molecule has 0 saturated heterocycles. The molecule has 0 fully saturated rings. The molecule has 0 aliphatic carbocycles. The average Bonchev–Trinajstić information content (AvgIpc) is 2.96. The lowest BCUT2D eigenvalue weighted by molar-refractivity contribution is 0.144. The van der Waals surface area contributed by atoms with Gasteiger partial charge >= 0.3 is 0 Å². The first-order chi connectivity index (χ1) is 10.6. The summed E-state index contributed by atoms with van der Waals surface area (Å²) in [6.45, 7) is 0.134. The molecule has 6 nitrogen and oxygen atoms in total. The van der Waals surface area contributed by atoms with Crippen LogP contribution in [0, 0.1) is 0 Å². The predicted octanol–water partition coefficient (Wildman–Crippen LogP) is 2.78. The van der Waals surface area contributed by atoms with E-state index in [9.17, 15) is 5.11 Å². The van der Waals surface area contributed by atoms with Crippen molar-refractivity contribution in [3.8, 4) is 11.4 Å². The Kier molecular flexibility index (Phi) is 4.33. The number of tetrazole rings is 1. The molecule has 22 heavy (non-hydrogen) atoms. The fraction of sp³-hybridized carbons (Fsp3) is 0.143. The maximum Gasteiger partial charge on any atom is 0.206 e. The number of hydrogen-bond donors (Lipinski definition) is 1. The number of benzene rings is 1. The molecule has 8 heteroatoms. The number of pyridine rings is 1. The van der Waals surface area contributed by atoms with Crippen molar-refractivity contribution in [3.63, 3.8) is 0 Å². The fourth-order valence-electron chi connectivity index (χ4n) is 1.96. The molecular weight excluding hydrogens is 325 g/mol. The lowest BCUT2D eigenvalue weighted by atomic mass is 10.1. The first-order valence-corrected chi connectivity index (χ1v) is 7.20. The van der Waals surface area contributed by atoms with Crippen molar-refractivity contribution in [1.29, 1.82) is 0 Å². The second-order valence-electron chi connectivity index (χ2n) is 4.59. The highest BCUT2D eigenvalue weighted by Gasteiger charge is 2.15. The number of hydrogen-bond acceptors (Lipinski definition) is 5. The third kappa shape index (κ3) is 3.24. The van der Waals surface area contributed by atoms with E-state index in [2.05, 4.69) is 20.4 Å². The molecule has 0 saturated carbocycles. The second-order valence-corrected chi connectivity index (χ2v) is 5.43. The van der Waals surface area contributed by atoms with E-state index in [1.54, 1.807) is 36.7 Å². The first kappa shape index (κ1) is 14.9. The minimum Gasteiger partial charge on any atom is -0.386 e. The third-order valence-electron chi connectivity index (χ3n) is 3.03. The number of halogens is 2. The van der Waals surface area contributed by atoms with Crippen LogP contribution in [0.5, 0.6) is 0 Å². The molecule has 0 amide bonds. The van der Waals surface area contributed by atoms with Gasteiger partial charge in [0.05, 0.1) is 6.54 Å². The Balaban J connectivity index is 1.77. The van der Waals surface area contributed by atoms with Crippen LogP contribution in [0.4, 0.5) is 0 Å². The van der Waals surface area contributed by atoms with Crippen LogP contribution in [0.25, 0.3) is 11.4 Å². The van der Waals surface area contributed by atoms with Crippen LogP contribution in [0.15, 0.2) is 42.7 Å². The topological polar surface area (TPSA) is 76.7 Å². The Morgan fingerprint density at radius 3 is 2.82 bits per heavy atom. The van der Waals surface area contributed by atoms with Crippen LogP contribution in [-0.4, -0.2) is 30.3 Å². The summed E-state index contributed by atoms with van der Waals surface area (Å²) >= 11 is 11.9. The predicted molar refractivity (Wildman–Crippen MR) is 82.5 cm³/mol. The van der Waals surface area contributed by atoms with Crippen LogP contribution < -0.4 is 0 Å². The molecule has 3 rings (SSSR count). The summed E-state index contributed by atoms with van der Waals surface area (Å²) in [5, 5.41) is 23.3. The van der Waals surface area contributed by atoms with Crippen molar-refractivity contribution in [2.45, 2.75) is 12.6 Å². The third-order valence-corrected chi connectivity index (χ3v) is 3.59. The quantitative estimate of drug-likeness (QED) is 0.793. The van der Waals surface area contributed by atoms with Crippen molar-refractivity contribution in [2.24, 2.45) is 0 Å². The summed E-state index contributed by atoms with van der Waals surface area (Å²) < 4.78 is 0. The van der Waals surface area contributed by atoms with Gasteiger partial charge in [-0.05, 0) is 29.5 Å². The molecular formula is C14H11Cl2N5O. The van der Waals surface area contributed by atoms with Crippen molar-refractivity contribution in [2.75, 3.05) is 0 Å². The smallest absolute Gasteiger partial charge is 0.206 e. The Hall–Kier alpha value is -2.02. The van der Waals surface area contributed by atoms with Crippen LogP contribution in [0.3, 0.4) is 0 Å². The van der Waals surface area contributed by atoms with E-state index in [4.69, 9.17) is 23.2 Å². The van der Waals surface area contributed by atoms with Crippen molar-refractivity contribution in [3.05, 3.63) is 58.3 Å². The van der Waals surface area contributed by atoms with Gasteiger partial charge in [-0.2, -0.15) is 4.80 Å². The van der Waals surface area contributed by atoms with Gasteiger partial charge in [-0.1, -0.05) is 29.3 Å². The molecule has 1 aromatic carbocycles. The zero-order chi connectivity index (χ0) is 15.5. The van der Waals surface area contributed by atoms with Crippen molar-refractivity contribution in [1.82, 2.24) is 25.2 Å². The summed E-state index contributed by atoms with van der Waals surface area (Å²) in [7, 11) is 0. The maximum atomic E-state index is 10.3. The molecule has 2 heterocycles. The van der Waals surface area contributed by atoms with E-state index in [0.29, 0.717) is 21.4 Å². The summed E-state index contributed by atoms with van der Waals surface area (Å²) in [5.74, 6) is 0.447. The second kappa shape index (κ2) is 6.39. The van der Waals surface area contributed by atoms with Crippen LogP contribution in [0.1, 0.15) is 11.7 Å². The average molecular weight is 336 g/mol. The fourth-order valence-corrected chi connectivity index (χ4v) is 2.49. The van der Waals surface area contributed by atoms with Gasteiger partial charge in [0.1, 0.15) is 6.10 Å². The number of rotatable bonds is 4. The molecule has 3 aromatic rings. The Labute approximate surface area is 136 Å². The van der Waals surface area contributed by atoms with E-state index in [-0.39, 0.29) is 6.54 Å². The molecule has 112 valence electrons. The maximum absolute atomic E-state index is 10.3. The highest BCUT2D eigenvalue weighted by atomic mass is 35.5. The van der Waals surface area contributed by atoms with Gasteiger partial charge < -0.3 is 5.11 Å². The van der Waals surface area contributed by atoms with E-state index >= 15 is 0 Å². The van der Waals surface area contributed by atoms with E-state index in [1.807, 2.05) is 6.07 Å².